The number of carbonyl (C=O) groups is 3. The van der Waals surface area contributed by atoms with Gasteiger partial charge < -0.3 is 15.3 Å². The van der Waals surface area contributed by atoms with Crippen molar-refractivity contribution in [2.45, 2.75) is 18.9 Å². The molecule has 0 radical (unpaired) electrons. The Balaban J connectivity index is 1.89. The first-order valence-electron chi connectivity index (χ1n) is 7.31. The summed E-state index contributed by atoms with van der Waals surface area (Å²) in [5.74, 6) is -1.46. The minimum Gasteiger partial charge on any atom is -0.478 e. The van der Waals surface area contributed by atoms with Gasteiger partial charge in [-0.25, -0.2) is 4.79 Å². The average Bonchev–Trinajstić information content (AvgIpc) is 2.55. The lowest BCUT2D eigenvalue weighted by molar-refractivity contribution is -0.130. The first-order chi connectivity index (χ1) is 11.4. The van der Waals surface area contributed by atoms with Crippen LogP contribution in [-0.2, 0) is 9.59 Å². The largest absolute Gasteiger partial charge is 0.478 e. The molecular formula is C17H15N3O4. The quantitative estimate of drug-likeness (QED) is 0.883. The van der Waals surface area contributed by atoms with Crippen LogP contribution in [0.25, 0.3) is 0 Å². The van der Waals surface area contributed by atoms with Gasteiger partial charge in [-0.1, -0.05) is 12.1 Å². The molecule has 2 aliphatic heterocycles. The summed E-state index contributed by atoms with van der Waals surface area (Å²) in [6, 6.07) is 5.95. The molecule has 1 unspecified atom stereocenters. The summed E-state index contributed by atoms with van der Waals surface area (Å²) in [6.07, 6.45) is 6.78. The molecule has 2 aliphatic rings. The Morgan fingerprint density at radius 3 is 2.88 bits per heavy atom. The Morgan fingerprint density at radius 1 is 1.33 bits per heavy atom. The van der Waals surface area contributed by atoms with Gasteiger partial charge in [0.15, 0.2) is 0 Å². The molecule has 0 fully saturated rings. The third kappa shape index (κ3) is 2.71. The van der Waals surface area contributed by atoms with Crippen molar-refractivity contribution in [2.75, 3.05) is 5.32 Å². The molecule has 24 heavy (non-hydrogen) atoms. The van der Waals surface area contributed by atoms with Gasteiger partial charge in [-0.3, -0.25) is 9.59 Å². The molecule has 2 heterocycles. The van der Waals surface area contributed by atoms with E-state index in [9.17, 15) is 14.4 Å². The highest BCUT2D eigenvalue weighted by atomic mass is 16.4. The summed E-state index contributed by atoms with van der Waals surface area (Å²) in [7, 11) is 0. The zero-order valence-corrected chi connectivity index (χ0v) is 12.9. The second kappa shape index (κ2) is 5.77. The Labute approximate surface area is 138 Å². The normalized spacial score (nSPS) is 22.0. The number of fused-ring (bicyclic) bond motifs is 1. The topological polar surface area (TPSA) is 99.1 Å². The highest BCUT2D eigenvalue weighted by molar-refractivity contribution is 6.12. The Bertz CT molecular complexity index is 825. The lowest BCUT2D eigenvalue weighted by Gasteiger charge is -2.41. The number of carbonyl (C=O) groups excluding carboxylic acids is 2. The van der Waals surface area contributed by atoms with Crippen molar-refractivity contribution in [1.29, 1.82) is 0 Å². The fourth-order valence-corrected chi connectivity index (χ4v) is 2.67. The second-order valence-electron chi connectivity index (χ2n) is 5.73. The molecule has 0 aromatic heterocycles. The maximum absolute atomic E-state index is 12.8. The summed E-state index contributed by atoms with van der Waals surface area (Å²) >= 11 is 0. The number of rotatable bonds is 3. The van der Waals surface area contributed by atoms with Gasteiger partial charge in [0, 0.05) is 11.9 Å². The molecular weight excluding hydrogens is 310 g/mol. The molecule has 7 heteroatoms. The molecule has 0 saturated carbocycles. The standard InChI is InChI=1S/C17H15N3O4/c1-17(10-14(21)19-13-7-2-3-8-20(13)17)16(24)18-12-6-4-5-11(9-12)15(22)23/h2-9H,10H2,1H3,(H,18,24)(H,22,23). The van der Waals surface area contributed by atoms with Crippen LogP contribution in [-0.4, -0.2) is 39.2 Å². The molecule has 0 bridgehead atoms. The summed E-state index contributed by atoms with van der Waals surface area (Å²) in [5.41, 5.74) is -0.718. The van der Waals surface area contributed by atoms with E-state index in [0.29, 0.717) is 11.5 Å². The second-order valence-corrected chi connectivity index (χ2v) is 5.73. The van der Waals surface area contributed by atoms with E-state index in [1.165, 1.54) is 12.1 Å². The van der Waals surface area contributed by atoms with E-state index in [0.717, 1.165) is 0 Å². The number of amidine groups is 1. The number of nitrogens with one attached hydrogen (secondary N) is 1. The van der Waals surface area contributed by atoms with Crippen molar-refractivity contribution in [1.82, 2.24) is 4.90 Å². The smallest absolute Gasteiger partial charge is 0.335 e. The number of aromatic carboxylic acids is 1. The summed E-state index contributed by atoms with van der Waals surface area (Å²) in [5, 5.41) is 11.7. The fraction of sp³-hybridized carbons (Fsp3) is 0.176. The molecule has 1 aromatic carbocycles. The molecule has 0 spiro atoms. The van der Waals surface area contributed by atoms with Crippen molar-refractivity contribution in [3.05, 3.63) is 54.3 Å². The van der Waals surface area contributed by atoms with Crippen LogP contribution in [0, 0.1) is 0 Å². The molecule has 1 atom stereocenters. The summed E-state index contributed by atoms with van der Waals surface area (Å²) in [4.78, 5) is 41.3. The van der Waals surface area contributed by atoms with Gasteiger partial charge in [0.1, 0.15) is 11.4 Å². The van der Waals surface area contributed by atoms with Gasteiger partial charge in [0.2, 0.25) is 0 Å². The van der Waals surface area contributed by atoms with Crippen LogP contribution in [0.15, 0.2) is 53.7 Å². The number of hydrogen-bond acceptors (Lipinski definition) is 4. The number of anilines is 1. The maximum atomic E-state index is 12.8. The molecule has 122 valence electrons. The Kier molecular flexibility index (Phi) is 3.76. The highest BCUT2D eigenvalue weighted by Gasteiger charge is 2.45. The molecule has 2 amide bonds. The number of allylic oxidation sites excluding steroid dienone is 2. The van der Waals surface area contributed by atoms with Crippen molar-refractivity contribution in [3.63, 3.8) is 0 Å². The van der Waals surface area contributed by atoms with Crippen LogP contribution >= 0.6 is 0 Å². The van der Waals surface area contributed by atoms with E-state index in [4.69, 9.17) is 5.11 Å². The van der Waals surface area contributed by atoms with Gasteiger partial charge in [0.05, 0.1) is 12.0 Å². The number of carboxylic acids is 1. The van der Waals surface area contributed by atoms with E-state index in [1.54, 1.807) is 48.4 Å². The number of benzene rings is 1. The van der Waals surface area contributed by atoms with Gasteiger partial charge in [-0.05, 0) is 37.3 Å². The van der Waals surface area contributed by atoms with E-state index < -0.39 is 17.4 Å². The molecule has 0 aliphatic carbocycles. The zero-order valence-electron chi connectivity index (χ0n) is 12.9. The van der Waals surface area contributed by atoms with Crippen LogP contribution in [0.4, 0.5) is 5.69 Å². The lowest BCUT2D eigenvalue weighted by atomic mass is 9.91. The van der Waals surface area contributed by atoms with Crippen LogP contribution in [0.5, 0.6) is 0 Å². The van der Waals surface area contributed by atoms with Gasteiger partial charge in [-0.2, -0.15) is 4.99 Å². The van der Waals surface area contributed by atoms with Crippen molar-refractivity contribution in [3.8, 4) is 0 Å². The molecule has 2 N–H and O–H groups in total. The van der Waals surface area contributed by atoms with Crippen molar-refractivity contribution < 1.29 is 19.5 Å². The molecule has 1 aromatic rings. The Morgan fingerprint density at radius 2 is 2.12 bits per heavy atom. The predicted molar refractivity (Wildman–Crippen MR) is 87.6 cm³/mol. The lowest BCUT2D eigenvalue weighted by Crippen LogP contribution is -2.58. The minimum absolute atomic E-state index is 0.0701. The number of aliphatic imine (C=N–C) groups is 1. The van der Waals surface area contributed by atoms with Gasteiger partial charge in [-0.15, -0.1) is 0 Å². The first kappa shape index (κ1) is 15.7. The minimum atomic E-state index is -1.14. The average molecular weight is 325 g/mol. The van der Waals surface area contributed by atoms with Crippen molar-refractivity contribution >= 4 is 29.3 Å². The zero-order chi connectivity index (χ0) is 17.3. The molecule has 3 rings (SSSR count). The molecule has 0 saturated heterocycles. The van der Waals surface area contributed by atoms with Gasteiger partial charge in [0.25, 0.3) is 11.8 Å². The highest BCUT2D eigenvalue weighted by Crippen LogP contribution is 2.29. The van der Waals surface area contributed by atoms with Crippen LogP contribution in [0.3, 0.4) is 0 Å². The van der Waals surface area contributed by atoms with E-state index in [-0.39, 0.29) is 17.9 Å². The predicted octanol–water partition coefficient (Wildman–Crippen LogP) is 1.80. The monoisotopic (exact) mass is 325 g/mol. The molecule has 7 nitrogen and oxygen atoms in total. The summed E-state index contributed by atoms with van der Waals surface area (Å²) < 4.78 is 0. The van der Waals surface area contributed by atoms with Crippen LogP contribution in [0.1, 0.15) is 23.7 Å². The third-order valence-electron chi connectivity index (χ3n) is 3.96. The maximum Gasteiger partial charge on any atom is 0.335 e. The summed E-state index contributed by atoms with van der Waals surface area (Å²) in [6.45, 7) is 1.65. The number of hydrogen-bond donors (Lipinski definition) is 2. The van der Waals surface area contributed by atoms with E-state index in [1.807, 2.05) is 0 Å². The van der Waals surface area contributed by atoms with E-state index >= 15 is 0 Å². The third-order valence-corrected chi connectivity index (χ3v) is 3.96. The van der Waals surface area contributed by atoms with Gasteiger partial charge >= 0.3 is 5.97 Å². The number of amides is 2. The van der Waals surface area contributed by atoms with Crippen molar-refractivity contribution in [2.24, 2.45) is 4.99 Å². The fourth-order valence-electron chi connectivity index (χ4n) is 2.67. The van der Waals surface area contributed by atoms with Crippen LogP contribution < -0.4 is 5.32 Å². The van der Waals surface area contributed by atoms with E-state index in [2.05, 4.69) is 10.3 Å². The SMILES string of the molecule is CC1(C(=O)Nc2cccc(C(=O)O)c2)CC(=O)N=C2C=CC=CN21. The van der Waals surface area contributed by atoms with Crippen LogP contribution in [0.2, 0.25) is 0 Å². The number of nitrogens with zero attached hydrogens (tertiary/aromatic N) is 2. The number of carboxylic acid groups (broad SMARTS) is 1. The first-order valence-corrected chi connectivity index (χ1v) is 7.31. The Hall–Kier alpha value is -3.22.